The number of hydrogen-bond donors (Lipinski definition) is 0. The molecule has 1 saturated carbocycles. The van der Waals surface area contributed by atoms with Crippen LogP contribution in [0.15, 0.2) is 109 Å². The fourth-order valence-electron chi connectivity index (χ4n) is 13.5. The summed E-state index contributed by atoms with van der Waals surface area (Å²) >= 11 is 0. The third-order valence-electron chi connectivity index (χ3n) is 17.7. The largest absolute Gasteiger partial charge is 0.334 e. The Labute approximate surface area is 397 Å². The van der Waals surface area contributed by atoms with Crippen LogP contribution < -0.4 is 31.1 Å². The maximum Gasteiger partial charge on any atom is 0.252 e. The fraction of sp³-hybridized carbons (Fsp3) is 0.419. The highest BCUT2D eigenvalue weighted by Crippen LogP contribution is 2.63. The highest BCUT2D eigenvalue weighted by atomic mass is 15.3. The molecule has 338 valence electrons. The summed E-state index contributed by atoms with van der Waals surface area (Å²) in [7, 11) is 0. The molecule has 4 heteroatoms. The summed E-state index contributed by atoms with van der Waals surface area (Å²) < 4.78 is 0. The van der Waals surface area contributed by atoms with Crippen LogP contribution in [0.4, 0.5) is 45.5 Å². The Balaban J connectivity index is 1.31. The van der Waals surface area contributed by atoms with Crippen molar-refractivity contribution in [1.29, 1.82) is 0 Å². The van der Waals surface area contributed by atoms with E-state index in [1.54, 1.807) is 0 Å². The smallest absolute Gasteiger partial charge is 0.252 e. The summed E-state index contributed by atoms with van der Waals surface area (Å²) in [6, 6.07) is 43.8. The van der Waals surface area contributed by atoms with Crippen LogP contribution in [0.5, 0.6) is 0 Å². The number of hydrogen-bond acceptors (Lipinski definition) is 3. The van der Waals surface area contributed by atoms with Crippen molar-refractivity contribution in [2.75, 3.05) is 14.7 Å². The zero-order valence-electron chi connectivity index (χ0n) is 42.6. The molecule has 3 heterocycles. The van der Waals surface area contributed by atoms with E-state index in [0.29, 0.717) is 0 Å². The van der Waals surface area contributed by atoms with Crippen molar-refractivity contribution >= 4 is 68.6 Å². The number of para-hydroxylation sites is 1. The lowest BCUT2D eigenvalue weighted by Gasteiger charge is -2.51. The van der Waals surface area contributed by atoms with Crippen LogP contribution in [0.3, 0.4) is 0 Å². The number of nitrogens with zero attached hydrogens (tertiary/aromatic N) is 3. The van der Waals surface area contributed by atoms with Gasteiger partial charge in [-0.1, -0.05) is 155 Å². The van der Waals surface area contributed by atoms with Crippen LogP contribution in [0.25, 0.3) is 0 Å². The van der Waals surface area contributed by atoms with Gasteiger partial charge >= 0.3 is 0 Å². The van der Waals surface area contributed by atoms with Crippen molar-refractivity contribution in [2.24, 2.45) is 0 Å². The zero-order chi connectivity index (χ0) is 46.7. The molecule has 6 aromatic carbocycles. The molecule has 66 heavy (non-hydrogen) atoms. The summed E-state index contributed by atoms with van der Waals surface area (Å²) in [5.41, 5.74) is 24.6. The van der Waals surface area contributed by atoms with Gasteiger partial charge in [0, 0.05) is 50.9 Å². The van der Waals surface area contributed by atoms with Crippen molar-refractivity contribution in [3.63, 3.8) is 0 Å². The van der Waals surface area contributed by atoms with E-state index in [2.05, 4.69) is 221 Å². The summed E-state index contributed by atoms with van der Waals surface area (Å²) in [4.78, 5) is 8.20. The maximum absolute atomic E-state index is 2.85. The molecule has 0 aromatic heterocycles. The molecular formula is C62H72BN3. The number of rotatable bonds is 3. The maximum atomic E-state index is 2.85. The van der Waals surface area contributed by atoms with Gasteiger partial charge in [-0.25, -0.2) is 0 Å². The standard InChI is InChI=1S/C62H72BN3/c1-39-31-40(2)56-48(32-39)61(13)27-18-19-28-62(61,14)66(56)45-35-53-55-54(36-45)65(44-24-20-21-41(33-44)57(3,4)5)51-34-42(58(6,7)8)25-26-49(51)63(55)50-37-46-47(60(11,12)30-29-59(46,9)10)38-52(50)64(53)43-22-16-15-17-23-43/h15-17,20-26,31-38H,18-19,27-30H2,1-14H3. The van der Waals surface area contributed by atoms with Crippen LogP contribution in [0, 0.1) is 13.8 Å². The molecule has 2 aliphatic carbocycles. The first-order valence-corrected chi connectivity index (χ1v) is 25.2. The van der Waals surface area contributed by atoms with E-state index in [4.69, 9.17) is 0 Å². The van der Waals surface area contributed by atoms with Crippen molar-refractivity contribution in [3.8, 4) is 0 Å². The molecule has 0 spiro atoms. The van der Waals surface area contributed by atoms with Crippen molar-refractivity contribution < 1.29 is 0 Å². The van der Waals surface area contributed by atoms with Crippen LogP contribution in [0.2, 0.25) is 0 Å². The summed E-state index contributed by atoms with van der Waals surface area (Å²) in [5.74, 6) is 0. The van der Waals surface area contributed by atoms with Gasteiger partial charge in [-0.2, -0.15) is 0 Å². The number of aryl methyl sites for hydroxylation is 2. The molecule has 6 aromatic rings. The summed E-state index contributed by atoms with van der Waals surface area (Å²) in [6.45, 7) is 34.0. The quantitative estimate of drug-likeness (QED) is 0.164. The Kier molecular flexibility index (Phi) is 9.30. The normalized spacial score (nSPS) is 22.3. The van der Waals surface area contributed by atoms with E-state index < -0.39 is 0 Å². The minimum absolute atomic E-state index is 0.0105. The van der Waals surface area contributed by atoms with Gasteiger partial charge in [0.1, 0.15) is 0 Å². The Morgan fingerprint density at radius 1 is 0.485 bits per heavy atom. The first-order chi connectivity index (χ1) is 31.0. The molecule has 0 bridgehead atoms. The molecule has 3 aliphatic heterocycles. The molecule has 2 atom stereocenters. The number of fused-ring (bicyclic) bond motifs is 8. The predicted molar refractivity (Wildman–Crippen MR) is 285 cm³/mol. The molecule has 0 saturated heterocycles. The molecule has 11 rings (SSSR count). The number of anilines is 8. The zero-order valence-corrected chi connectivity index (χ0v) is 42.6. The lowest BCUT2D eigenvalue weighted by molar-refractivity contribution is 0.195. The molecule has 0 N–H and O–H groups in total. The van der Waals surface area contributed by atoms with Gasteiger partial charge in [0.15, 0.2) is 0 Å². The average molecular weight is 870 g/mol. The third-order valence-corrected chi connectivity index (χ3v) is 17.7. The van der Waals surface area contributed by atoms with E-state index in [-0.39, 0.29) is 39.3 Å². The minimum atomic E-state index is -0.103. The summed E-state index contributed by atoms with van der Waals surface area (Å²) in [5, 5.41) is 0. The van der Waals surface area contributed by atoms with Gasteiger partial charge in [0.2, 0.25) is 0 Å². The Bertz CT molecular complexity index is 2980. The SMILES string of the molecule is Cc1cc(C)c2c(c1)C1(C)CCCCC1(C)N2c1cc2c3c(c1)N(c1ccccc1)c1cc4c(cc1B3c1ccc(C(C)(C)C)cc1N2c1cccc(C(C)(C)C)c1)C(C)(C)CCC4(C)C. The van der Waals surface area contributed by atoms with Crippen LogP contribution >= 0.6 is 0 Å². The average Bonchev–Trinajstić information content (AvgIpc) is 3.47. The molecule has 2 unspecified atom stereocenters. The van der Waals surface area contributed by atoms with Crippen LogP contribution in [0.1, 0.15) is 161 Å². The number of benzene rings is 6. The third kappa shape index (κ3) is 6.14. The Hall–Kier alpha value is -5.22. The first kappa shape index (κ1) is 43.4. The molecule has 0 amide bonds. The lowest BCUT2D eigenvalue weighted by atomic mass is 9.33. The van der Waals surface area contributed by atoms with E-state index >= 15 is 0 Å². The second-order valence-electron chi connectivity index (χ2n) is 25.0. The molecular weight excluding hydrogens is 798 g/mol. The van der Waals surface area contributed by atoms with Gasteiger partial charge in [-0.05, 0) is 166 Å². The molecule has 5 aliphatic rings. The highest BCUT2D eigenvalue weighted by molar-refractivity contribution is 7.00. The first-order valence-electron chi connectivity index (χ1n) is 25.2. The Morgan fingerprint density at radius 3 is 1.74 bits per heavy atom. The van der Waals surface area contributed by atoms with Gasteiger partial charge in [-0.3, -0.25) is 0 Å². The van der Waals surface area contributed by atoms with Crippen molar-refractivity contribution in [3.05, 3.63) is 148 Å². The second kappa shape index (κ2) is 14.2. The van der Waals surface area contributed by atoms with Gasteiger partial charge < -0.3 is 14.7 Å². The second-order valence-corrected chi connectivity index (χ2v) is 25.0. The van der Waals surface area contributed by atoms with E-state index in [1.165, 1.54) is 133 Å². The fourth-order valence-corrected chi connectivity index (χ4v) is 13.5. The summed E-state index contributed by atoms with van der Waals surface area (Å²) in [6.07, 6.45) is 7.22. The van der Waals surface area contributed by atoms with E-state index in [9.17, 15) is 0 Å². The van der Waals surface area contributed by atoms with Crippen LogP contribution in [-0.2, 0) is 27.1 Å². The minimum Gasteiger partial charge on any atom is -0.334 e. The van der Waals surface area contributed by atoms with Crippen molar-refractivity contribution in [2.45, 2.75) is 168 Å². The topological polar surface area (TPSA) is 9.72 Å². The van der Waals surface area contributed by atoms with E-state index in [0.717, 1.165) is 6.42 Å². The highest BCUT2D eigenvalue weighted by Gasteiger charge is 2.59. The van der Waals surface area contributed by atoms with Gasteiger partial charge in [-0.15, -0.1) is 0 Å². The lowest BCUT2D eigenvalue weighted by Crippen LogP contribution is -2.62. The van der Waals surface area contributed by atoms with Crippen LogP contribution in [-0.4, -0.2) is 12.3 Å². The van der Waals surface area contributed by atoms with Crippen molar-refractivity contribution in [1.82, 2.24) is 0 Å². The monoisotopic (exact) mass is 870 g/mol. The predicted octanol–water partition coefficient (Wildman–Crippen LogP) is 15.1. The van der Waals surface area contributed by atoms with Gasteiger partial charge in [0.05, 0.1) is 5.54 Å². The molecule has 0 radical (unpaired) electrons. The Morgan fingerprint density at radius 2 is 1.08 bits per heavy atom. The molecule has 3 nitrogen and oxygen atoms in total. The van der Waals surface area contributed by atoms with E-state index in [1.807, 2.05) is 0 Å². The molecule has 1 fully saturated rings. The van der Waals surface area contributed by atoms with Gasteiger partial charge in [0.25, 0.3) is 6.71 Å².